The number of anilines is 1. The normalized spacial score (nSPS) is 10.8. The van der Waals surface area contributed by atoms with E-state index in [-0.39, 0.29) is 29.6 Å². The molecular weight excluding hydrogens is 510 g/mol. The number of carbonyl (C=O) groups is 3. The van der Waals surface area contributed by atoms with Gasteiger partial charge < -0.3 is 10.1 Å². The van der Waals surface area contributed by atoms with E-state index < -0.39 is 5.97 Å². The van der Waals surface area contributed by atoms with Crippen LogP contribution < -0.4 is 5.32 Å². The third kappa shape index (κ3) is 5.78. The van der Waals surface area contributed by atoms with Crippen molar-refractivity contribution in [1.82, 2.24) is 19.7 Å². The Balaban J connectivity index is 1.60. The highest BCUT2D eigenvalue weighted by Gasteiger charge is 2.25. The van der Waals surface area contributed by atoms with Crippen molar-refractivity contribution >= 4 is 45.8 Å². The molecule has 0 aliphatic carbocycles. The Morgan fingerprint density at radius 1 is 1.05 bits per heavy atom. The minimum Gasteiger partial charge on any atom is -0.462 e. The lowest BCUT2D eigenvalue weighted by atomic mass is 10.1. The van der Waals surface area contributed by atoms with E-state index in [1.54, 1.807) is 26.2 Å². The molecule has 190 valence electrons. The van der Waals surface area contributed by atoms with Crippen molar-refractivity contribution < 1.29 is 19.1 Å². The summed E-state index contributed by atoms with van der Waals surface area (Å²) in [4.78, 5) is 42.0. The van der Waals surface area contributed by atoms with Gasteiger partial charge in [0.1, 0.15) is 5.00 Å². The van der Waals surface area contributed by atoms with E-state index in [0.29, 0.717) is 26.4 Å². The summed E-state index contributed by atoms with van der Waals surface area (Å²) >= 11 is 2.28. The van der Waals surface area contributed by atoms with Gasteiger partial charge in [-0.2, -0.15) is 0 Å². The van der Waals surface area contributed by atoms with Crippen molar-refractivity contribution in [2.24, 2.45) is 0 Å². The number of ether oxygens (including phenoxy) is 1. The Hall–Kier alpha value is -3.83. The van der Waals surface area contributed by atoms with Gasteiger partial charge in [-0.1, -0.05) is 29.5 Å². The first kappa shape index (κ1) is 26.2. The molecule has 0 bridgehead atoms. The van der Waals surface area contributed by atoms with Crippen molar-refractivity contribution in [3.63, 3.8) is 0 Å². The molecule has 1 N–H and O–H groups in total. The predicted octanol–water partition coefficient (Wildman–Crippen LogP) is 5.12. The molecule has 0 saturated heterocycles. The molecule has 0 unspecified atom stereocenters. The van der Waals surface area contributed by atoms with Crippen LogP contribution in [0.3, 0.4) is 0 Å². The summed E-state index contributed by atoms with van der Waals surface area (Å²) in [6.07, 6.45) is 3.37. The van der Waals surface area contributed by atoms with E-state index in [1.807, 2.05) is 47.9 Å². The van der Waals surface area contributed by atoms with E-state index in [4.69, 9.17) is 4.74 Å². The SMILES string of the molecule is CCOC(=O)c1c(NC(=O)CSc2nnc(-c3ccncc3)n2-c2ccc(C)cc2)sc(C(C)=O)c1C. The van der Waals surface area contributed by atoms with E-state index >= 15 is 0 Å². The maximum atomic E-state index is 13.0. The first-order valence-corrected chi connectivity index (χ1v) is 13.3. The zero-order valence-electron chi connectivity index (χ0n) is 20.8. The van der Waals surface area contributed by atoms with Crippen LogP contribution in [0.1, 0.15) is 45.0 Å². The maximum absolute atomic E-state index is 13.0. The topological polar surface area (TPSA) is 116 Å². The molecule has 4 aromatic rings. The molecule has 0 atom stereocenters. The number of carbonyl (C=O) groups excluding carboxylic acids is 3. The zero-order valence-corrected chi connectivity index (χ0v) is 22.4. The van der Waals surface area contributed by atoms with Crippen LogP contribution in [-0.2, 0) is 9.53 Å². The second-order valence-corrected chi connectivity index (χ2v) is 10.0. The maximum Gasteiger partial charge on any atom is 0.341 e. The summed E-state index contributed by atoms with van der Waals surface area (Å²) in [7, 11) is 0. The smallest absolute Gasteiger partial charge is 0.341 e. The Morgan fingerprint density at radius 2 is 1.76 bits per heavy atom. The average molecular weight is 536 g/mol. The molecule has 3 heterocycles. The number of thiophene rings is 1. The van der Waals surface area contributed by atoms with Crippen LogP contribution in [0.15, 0.2) is 53.9 Å². The summed E-state index contributed by atoms with van der Waals surface area (Å²) in [5, 5.41) is 12.3. The van der Waals surface area contributed by atoms with Crippen molar-refractivity contribution in [3.8, 4) is 17.1 Å². The molecule has 1 aromatic carbocycles. The number of hydrogen-bond donors (Lipinski definition) is 1. The number of aromatic nitrogens is 4. The van der Waals surface area contributed by atoms with Crippen LogP contribution in [-0.4, -0.2) is 49.8 Å². The number of aryl methyl sites for hydroxylation is 1. The highest BCUT2D eigenvalue weighted by atomic mass is 32.2. The molecule has 9 nitrogen and oxygen atoms in total. The highest BCUT2D eigenvalue weighted by Crippen LogP contribution is 2.34. The molecule has 1 amide bonds. The average Bonchev–Trinajstić information content (AvgIpc) is 3.45. The monoisotopic (exact) mass is 535 g/mol. The van der Waals surface area contributed by atoms with Gasteiger partial charge in [0, 0.05) is 23.6 Å². The summed E-state index contributed by atoms with van der Waals surface area (Å²) in [6, 6.07) is 11.6. The number of nitrogens with zero attached hydrogens (tertiary/aromatic N) is 4. The van der Waals surface area contributed by atoms with Gasteiger partial charge in [0.2, 0.25) is 5.91 Å². The van der Waals surface area contributed by atoms with Crippen LogP contribution in [0.2, 0.25) is 0 Å². The Labute approximate surface area is 222 Å². The van der Waals surface area contributed by atoms with Gasteiger partial charge in [0.15, 0.2) is 16.8 Å². The van der Waals surface area contributed by atoms with Crippen molar-refractivity contribution in [1.29, 1.82) is 0 Å². The fourth-order valence-electron chi connectivity index (χ4n) is 3.66. The number of nitrogens with one attached hydrogen (secondary N) is 1. The van der Waals surface area contributed by atoms with Crippen LogP contribution >= 0.6 is 23.1 Å². The van der Waals surface area contributed by atoms with Crippen molar-refractivity contribution in [3.05, 3.63) is 70.4 Å². The number of pyridine rings is 1. The largest absolute Gasteiger partial charge is 0.462 e. The molecule has 11 heteroatoms. The van der Waals surface area contributed by atoms with Gasteiger partial charge in [-0.15, -0.1) is 21.5 Å². The molecule has 37 heavy (non-hydrogen) atoms. The van der Waals surface area contributed by atoms with Gasteiger partial charge in [-0.3, -0.25) is 19.1 Å². The Bertz CT molecular complexity index is 1450. The number of Topliss-reactive ketones (excluding diaryl/α,β-unsaturated/α-hetero) is 1. The fraction of sp³-hybridized carbons (Fsp3) is 0.231. The fourth-order valence-corrected chi connectivity index (χ4v) is 5.52. The quantitative estimate of drug-likeness (QED) is 0.178. The molecule has 3 aromatic heterocycles. The van der Waals surface area contributed by atoms with Gasteiger partial charge in [-0.25, -0.2) is 4.79 Å². The van der Waals surface area contributed by atoms with E-state index in [2.05, 4.69) is 20.5 Å². The lowest BCUT2D eigenvalue weighted by molar-refractivity contribution is -0.113. The second-order valence-electron chi connectivity index (χ2n) is 8.09. The van der Waals surface area contributed by atoms with Crippen LogP contribution in [0, 0.1) is 13.8 Å². The molecule has 0 saturated carbocycles. The van der Waals surface area contributed by atoms with Crippen molar-refractivity contribution in [2.45, 2.75) is 32.9 Å². The summed E-state index contributed by atoms with van der Waals surface area (Å²) in [6.45, 7) is 6.99. The second kappa shape index (κ2) is 11.5. The third-order valence-electron chi connectivity index (χ3n) is 5.40. The number of amides is 1. The van der Waals surface area contributed by atoms with Crippen LogP contribution in [0.5, 0.6) is 0 Å². The predicted molar refractivity (Wildman–Crippen MR) is 144 cm³/mol. The Kier molecular flexibility index (Phi) is 8.14. The van der Waals surface area contributed by atoms with Gasteiger partial charge in [0.05, 0.1) is 22.8 Å². The molecular formula is C26H25N5O4S2. The number of esters is 1. The summed E-state index contributed by atoms with van der Waals surface area (Å²) in [5.41, 5.74) is 3.52. The molecule has 0 radical (unpaired) electrons. The summed E-state index contributed by atoms with van der Waals surface area (Å²) in [5.74, 6) is -0.477. The van der Waals surface area contributed by atoms with Crippen LogP contribution in [0.4, 0.5) is 5.00 Å². The lowest BCUT2D eigenvalue weighted by Crippen LogP contribution is -2.17. The standard InChI is InChI=1S/C26H25N5O4S2/c1-5-35-25(34)21-16(3)22(17(4)32)37-24(21)28-20(33)14-36-26-30-29-23(18-10-12-27-13-11-18)31(26)19-8-6-15(2)7-9-19/h6-13H,5,14H2,1-4H3,(H,28,33). The van der Waals surface area contributed by atoms with Gasteiger partial charge in [-0.05, 0) is 57.5 Å². The minimum absolute atomic E-state index is 0.00889. The number of rotatable bonds is 9. The van der Waals surface area contributed by atoms with Gasteiger partial charge >= 0.3 is 5.97 Å². The molecule has 0 aliphatic heterocycles. The van der Waals surface area contributed by atoms with Crippen LogP contribution in [0.25, 0.3) is 17.1 Å². The molecule has 0 aliphatic rings. The third-order valence-corrected chi connectivity index (χ3v) is 7.63. The van der Waals surface area contributed by atoms with E-state index in [0.717, 1.165) is 28.2 Å². The summed E-state index contributed by atoms with van der Waals surface area (Å²) < 4.78 is 7.03. The van der Waals surface area contributed by atoms with Gasteiger partial charge in [0.25, 0.3) is 0 Å². The number of ketones is 1. The first-order valence-electron chi connectivity index (χ1n) is 11.5. The zero-order chi connectivity index (χ0) is 26.5. The minimum atomic E-state index is -0.576. The number of thioether (sulfide) groups is 1. The van der Waals surface area contributed by atoms with Crippen molar-refractivity contribution in [2.75, 3.05) is 17.7 Å². The highest BCUT2D eigenvalue weighted by molar-refractivity contribution is 7.99. The van der Waals surface area contributed by atoms with E-state index in [1.165, 1.54) is 18.7 Å². The van der Waals surface area contributed by atoms with E-state index in [9.17, 15) is 14.4 Å². The lowest BCUT2D eigenvalue weighted by Gasteiger charge is -2.11. The molecule has 4 rings (SSSR count). The Morgan fingerprint density at radius 3 is 2.41 bits per heavy atom. The number of hydrogen-bond acceptors (Lipinski definition) is 9. The number of benzene rings is 1. The molecule has 0 fully saturated rings. The molecule has 0 spiro atoms. The first-order chi connectivity index (χ1) is 17.8.